The lowest BCUT2D eigenvalue weighted by atomic mass is 10.1. The van der Waals surface area contributed by atoms with E-state index in [9.17, 15) is 9.59 Å². The molecule has 2 rings (SSSR count). The van der Waals surface area contributed by atoms with Crippen molar-refractivity contribution in [1.82, 2.24) is 10.5 Å². The molecule has 1 aromatic heterocycles. The van der Waals surface area contributed by atoms with E-state index < -0.39 is 5.91 Å². The molecule has 2 aromatic rings. The molecule has 3 N–H and O–H groups in total. The lowest BCUT2D eigenvalue weighted by Gasteiger charge is -1.98. The number of aromatic nitrogens is 1. The van der Waals surface area contributed by atoms with Crippen LogP contribution in [0.4, 0.5) is 0 Å². The predicted molar refractivity (Wildman–Crippen MR) is 64.3 cm³/mol. The van der Waals surface area contributed by atoms with Crippen LogP contribution in [-0.4, -0.2) is 21.9 Å². The number of aromatic amines is 1. The molecule has 0 radical (unpaired) electrons. The van der Waals surface area contributed by atoms with Gasteiger partial charge in [-0.2, -0.15) is 0 Å². The Bertz CT molecular complexity index is 561. The van der Waals surface area contributed by atoms with E-state index in [4.69, 9.17) is 5.21 Å². The summed E-state index contributed by atoms with van der Waals surface area (Å²) < 4.78 is 0. The number of hydrogen-bond donors (Lipinski definition) is 3. The molecule has 1 aromatic carbocycles. The zero-order valence-electron chi connectivity index (χ0n) is 9.51. The Labute approximate surface area is 103 Å². The number of carbonyl (C=O) groups is 2. The minimum Gasteiger partial charge on any atom is -0.355 e. The highest BCUT2D eigenvalue weighted by molar-refractivity contribution is 6.07. The highest BCUT2D eigenvalue weighted by Gasteiger charge is 2.11. The van der Waals surface area contributed by atoms with Gasteiger partial charge in [0.05, 0.1) is 12.1 Å². The van der Waals surface area contributed by atoms with Crippen LogP contribution in [0.2, 0.25) is 0 Å². The molecule has 0 bridgehead atoms. The van der Waals surface area contributed by atoms with Crippen LogP contribution in [0, 0.1) is 0 Å². The number of ketones is 1. The first-order chi connectivity index (χ1) is 8.70. The summed E-state index contributed by atoms with van der Waals surface area (Å²) in [5.74, 6) is -0.665. The van der Waals surface area contributed by atoms with Gasteiger partial charge < -0.3 is 4.98 Å². The standard InChI is InChI=1S/C13H12N2O3/c16-12(15-18)8-10-6-7-11(14-10)13(17)9-4-2-1-3-5-9/h1-7,14,18H,8H2,(H,15,16). The Morgan fingerprint density at radius 3 is 2.50 bits per heavy atom. The third kappa shape index (κ3) is 2.64. The minimum absolute atomic E-state index is 0.00142. The van der Waals surface area contributed by atoms with Crippen molar-refractivity contribution in [2.24, 2.45) is 0 Å². The van der Waals surface area contributed by atoms with Crippen molar-refractivity contribution in [3.8, 4) is 0 Å². The summed E-state index contributed by atoms with van der Waals surface area (Å²) in [6.45, 7) is 0. The quantitative estimate of drug-likeness (QED) is 0.430. The van der Waals surface area contributed by atoms with E-state index in [1.807, 2.05) is 6.07 Å². The van der Waals surface area contributed by atoms with Gasteiger partial charge in [-0.3, -0.25) is 14.8 Å². The van der Waals surface area contributed by atoms with Crippen LogP contribution in [0.5, 0.6) is 0 Å². The Balaban J connectivity index is 2.15. The fourth-order valence-electron chi connectivity index (χ4n) is 1.63. The van der Waals surface area contributed by atoms with E-state index in [1.165, 1.54) is 5.48 Å². The van der Waals surface area contributed by atoms with E-state index in [-0.39, 0.29) is 12.2 Å². The molecule has 5 nitrogen and oxygen atoms in total. The molecular formula is C13H12N2O3. The molecule has 0 fully saturated rings. The second-order valence-electron chi connectivity index (χ2n) is 3.80. The van der Waals surface area contributed by atoms with Crippen LogP contribution in [0.15, 0.2) is 42.5 Å². The number of nitrogens with one attached hydrogen (secondary N) is 2. The fourth-order valence-corrected chi connectivity index (χ4v) is 1.63. The summed E-state index contributed by atoms with van der Waals surface area (Å²) in [6.07, 6.45) is -0.00142. The van der Waals surface area contributed by atoms with Crippen LogP contribution < -0.4 is 5.48 Å². The second kappa shape index (κ2) is 5.29. The topological polar surface area (TPSA) is 82.2 Å². The van der Waals surface area contributed by atoms with Crippen molar-refractivity contribution < 1.29 is 14.8 Å². The lowest BCUT2D eigenvalue weighted by molar-refractivity contribution is -0.128. The monoisotopic (exact) mass is 244 g/mol. The van der Waals surface area contributed by atoms with Crippen molar-refractivity contribution in [2.45, 2.75) is 6.42 Å². The zero-order chi connectivity index (χ0) is 13.0. The summed E-state index contributed by atoms with van der Waals surface area (Å²) in [4.78, 5) is 25.9. The molecule has 0 aliphatic rings. The molecule has 0 aliphatic carbocycles. The molecule has 0 unspecified atom stereocenters. The maximum atomic E-state index is 12.0. The number of benzene rings is 1. The summed E-state index contributed by atoms with van der Waals surface area (Å²) in [5.41, 5.74) is 3.11. The number of carbonyl (C=O) groups excluding carboxylic acids is 2. The van der Waals surface area contributed by atoms with Crippen molar-refractivity contribution in [3.63, 3.8) is 0 Å². The highest BCUT2D eigenvalue weighted by atomic mass is 16.5. The first-order valence-electron chi connectivity index (χ1n) is 5.41. The van der Waals surface area contributed by atoms with Gasteiger partial charge in [0.15, 0.2) is 0 Å². The first kappa shape index (κ1) is 12.1. The van der Waals surface area contributed by atoms with Gasteiger partial charge in [0, 0.05) is 11.3 Å². The van der Waals surface area contributed by atoms with Crippen LogP contribution in [0.3, 0.4) is 0 Å². The van der Waals surface area contributed by atoms with Crippen molar-refractivity contribution in [2.75, 3.05) is 0 Å². The number of amides is 1. The van der Waals surface area contributed by atoms with Gasteiger partial charge in [-0.25, -0.2) is 5.48 Å². The van der Waals surface area contributed by atoms with Crippen molar-refractivity contribution in [1.29, 1.82) is 0 Å². The van der Waals surface area contributed by atoms with E-state index in [0.29, 0.717) is 17.0 Å². The van der Waals surface area contributed by atoms with E-state index >= 15 is 0 Å². The van der Waals surface area contributed by atoms with Crippen molar-refractivity contribution >= 4 is 11.7 Å². The van der Waals surface area contributed by atoms with Gasteiger partial charge in [-0.05, 0) is 12.1 Å². The maximum absolute atomic E-state index is 12.0. The molecule has 0 aliphatic heterocycles. The zero-order valence-corrected chi connectivity index (χ0v) is 9.51. The number of H-pyrrole nitrogens is 1. The smallest absolute Gasteiger partial charge is 0.249 e. The molecule has 0 atom stereocenters. The third-order valence-corrected chi connectivity index (χ3v) is 2.50. The Hall–Kier alpha value is -2.40. The normalized spacial score (nSPS) is 10.1. The van der Waals surface area contributed by atoms with Gasteiger partial charge >= 0.3 is 0 Å². The Morgan fingerprint density at radius 1 is 1.11 bits per heavy atom. The minimum atomic E-state index is -0.532. The maximum Gasteiger partial charge on any atom is 0.249 e. The van der Waals surface area contributed by atoms with Gasteiger partial charge in [0.2, 0.25) is 11.7 Å². The summed E-state index contributed by atoms with van der Waals surface area (Å²) in [5, 5.41) is 8.41. The van der Waals surface area contributed by atoms with Gasteiger partial charge in [0.1, 0.15) is 0 Å². The molecule has 5 heteroatoms. The van der Waals surface area contributed by atoms with Gasteiger partial charge in [-0.1, -0.05) is 30.3 Å². The second-order valence-corrected chi connectivity index (χ2v) is 3.80. The first-order valence-corrected chi connectivity index (χ1v) is 5.41. The number of hydrogen-bond acceptors (Lipinski definition) is 3. The van der Waals surface area contributed by atoms with Crippen LogP contribution >= 0.6 is 0 Å². The molecule has 1 heterocycles. The molecule has 0 saturated carbocycles. The van der Waals surface area contributed by atoms with Crippen molar-refractivity contribution in [3.05, 3.63) is 59.4 Å². The molecule has 0 spiro atoms. The summed E-state index contributed by atoms with van der Waals surface area (Å²) in [7, 11) is 0. The summed E-state index contributed by atoms with van der Waals surface area (Å²) in [6, 6.07) is 12.1. The van der Waals surface area contributed by atoms with Gasteiger partial charge in [-0.15, -0.1) is 0 Å². The number of hydroxylamine groups is 1. The molecular weight excluding hydrogens is 232 g/mol. The van der Waals surface area contributed by atoms with E-state index in [2.05, 4.69) is 4.98 Å². The van der Waals surface area contributed by atoms with Gasteiger partial charge in [0.25, 0.3) is 0 Å². The van der Waals surface area contributed by atoms with Crippen LogP contribution in [0.1, 0.15) is 21.7 Å². The van der Waals surface area contributed by atoms with Crippen LogP contribution in [0.25, 0.3) is 0 Å². The largest absolute Gasteiger partial charge is 0.355 e. The van der Waals surface area contributed by atoms with Crippen LogP contribution in [-0.2, 0) is 11.2 Å². The average Bonchev–Trinajstić information content (AvgIpc) is 2.87. The average molecular weight is 244 g/mol. The number of rotatable bonds is 4. The molecule has 0 saturated heterocycles. The Kier molecular flexibility index (Phi) is 3.54. The predicted octanol–water partition coefficient (Wildman–Crippen LogP) is 1.29. The molecule has 92 valence electrons. The SMILES string of the molecule is O=C(Cc1ccc(C(=O)c2ccccc2)[nH]1)NO. The van der Waals surface area contributed by atoms with E-state index in [1.54, 1.807) is 36.4 Å². The fraction of sp³-hybridized carbons (Fsp3) is 0.0769. The lowest BCUT2D eigenvalue weighted by Crippen LogP contribution is -2.20. The Morgan fingerprint density at radius 2 is 1.83 bits per heavy atom. The van der Waals surface area contributed by atoms with E-state index in [0.717, 1.165) is 0 Å². The molecule has 1 amide bonds. The third-order valence-electron chi connectivity index (χ3n) is 2.50. The molecule has 18 heavy (non-hydrogen) atoms. The highest BCUT2D eigenvalue weighted by Crippen LogP contribution is 2.10. The summed E-state index contributed by atoms with van der Waals surface area (Å²) >= 11 is 0.